The van der Waals surface area contributed by atoms with Gasteiger partial charge in [-0.3, -0.25) is 14.9 Å². The number of carbonyl (C=O) groups is 1. The number of benzene rings is 1. The van der Waals surface area contributed by atoms with Gasteiger partial charge in [0.25, 0.3) is 0 Å². The van der Waals surface area contributed by atoms with Gasteiger partial charge < -0.3 is 4.74 Å². The minimum Gasteiger partial charge on any atom is -0.398 e. The lowest BCUT2D eigenvalue weighted by molar-refractivity contribution is -0.388. The van der Waals surface area contributed by atoms with Crippen molar-refractivity contribution in [2.45, 2.75) is 18.1 Å². The molecule has 0 aliphatic carbocycles. The van der Waals surface area contributed by atoms with Gasteiger partial charge in [-0.25, -0.2) is 0 Å². The highest BCUT2D eigenvalue weighted by Crippen LogP contribution is 2.33. The van der Waals surface area contributed by atoms with Crippen molar-refractivity contribution in [1.29, 1.82) is 0 Å². The van der Waals surface area contributed by atoms with Crippen LogP contribution in [0.4, 0.5) is 18.9 Å². The maximum atomic E-state index is 12.1. The van der Waals surface area contributed by atoms with Gasteiger partial charge in [0.15, 0.2) is 5.78 Å². The van der Waals surface area contributed by atoms with Gasteiger partial charge in [0.1, 0.15) is 0 Å². The van der Waals surface area contributed by atoms with E-state index in [0.717, 1.165) is 12.1 Å². The third kappa shape index (κ3) is 4.19. The maximum Gasteiger partial charge on any atom is 0.573 e. The lowest BCUT2D eigenvalue weighted by Crippen LogP contribution is -2.18. The highest BCUT2D eigenvalue weighted by molar-refractivity contribution is 9.10. The molecule has 1 aromatic rings. The first-order valence-corrected chi connectivity index (χ1v) is 5.76. The normalized spacial score (nSPS) is 12.9. The fraction of sp³-hybridized carbons (Fsp3) is 0.300. The molecule has 0 radical (unpaired) electrons. The van der Waals surface area contributed by atoms with Crippen LogP contribution in [-0.4, -0.2) is 21.9 Å². The maximum absolute atomic E-state index is 12.1. The topological polar surface area (TPSA) is 69.4 Å². The number of halogens is 4. The Morgan fingerprint density at radius 2 is 2.05 bits per heavy atom. The molecule has 9 heteroatoms. The van der Waals surface area contributed by atoms with Crippen molar-refractivity contribution in [3.05, 3.63) is 33.9 Å². The number of nitrogens with zero attached hydrogens (tertiary/aromatic N) is 1. The molecule has 0 aromatic heterocycles. The summed E-state index contributed by atoms with van der Waals surface area (Å²) >= 11 is 2.96. The van der Waals surface area contributed by atoms with Crippen LogP contribution >= 0.6 is 15.9 Å². The quantitative estimate of drug-likeness (QED) is 0.364. The molecule has 0 saturated carbocycles. The smallest absolute Gasteiger partial charge is 0.398 e. The largest absolute Gasteiger partial charge is 0.573 e. The molecule has 5 nitrogen and oxygen atoms in total. The second-order valence-corrected chi connectivity index (χ2v) is 4.84. The summed E-state index contributed by atoms with van der Waals surface area (Å²) in [6, 6.07) is 2.57. The molecule has 0 heterocycles. The second kappa shape index (κ2) is 5.55. The summed E-state index contributed by atoms with van der Waals surface area (Å²) in [5.74, 6) is -1.53. The van der Waals surface area contributed by atoms with Crippen LogP contribution in [0.2, 0.25) is 0 Å². The van der Waals surface area contributed by atoms with Crippen molar-refractivity contribution in [2.75, 3.05) is 0 Å². The van der Waals surface area contributed by atoms with Crippen molar-refractivity contribution in [2.24, 2.45) is 0 Å². The number of Topliss-reactive ketones (excluding diaryl/α,β-unsaturated/α-hetero) is 1. The molecule has 104 valence electrons. The van der Waals surface area contributed by atoms with Gasteiger partial charge in [0, 0.05) is 11.6 Å². The Balaban J connectivity index is 3.26. The van der Waals surface area contributed by atoms with Crippen LogP contribution in [-0.2, 0) is 0 Å². The van der Waals surface area contributed by atoms with E-state index in [1.807, 2.05) is 0 Å². The van der Waals surface area contributed by atoms with Crippen molar-refractivity contribution >= 4 is 27.4 Å². The van der Waals surface area contributed by atoms with Gasteiger partial charge in [-0.2, -0.15) is 0 Å². The summed E-state index contributed by atoms with van der Waals surface area (Å²) in [4.78, 5) is 20.5. The number of nitro groups is 1. The van der Waals surface area contributed by atoms with E-state index >= 15 is 0 Å². The van der Waals surface area contributed by atoms with E-state index in [9.17, 15) is 28.1 Å². The lowest BCUT2D eigenvalue weighted by Gasteiger charge is -2.10. The zero-order chi connectivity index (χ0) is 14.8. The first kappa shape index (κ1) is 15.4. The lowest BCUT2D eigenvalue weighted by atomic mass is 10.1. The third-order valence-corrected chi connectivity index (χ3v) is 2.44. The van der Waals surface area contributed by atoms with E-state index < -0.39 is 33.3 Å². The molecule has 0 N–H and O–H groups in total. The third-order valence-electron chi connectivity index (χ3n) is 2.03. The molecule has 1 aromatic carbocycles. The number of rotatable bonds is 4. The van der Waals surface area contributed by atoms with Crippen molar-refractivity contribution in [1.82, 2.24) is 0 Å². The number of hydrogen-bond acceptors (Lipinski definition) is 4. The fourth-order valence-electron chi connectivity index (χ4n) is 1.25. The second-order valence-electron chi connectivity index (χ2n) is 3.47. The van der Waals surface area contributed by atoms with Crippen LogP contribution in [0.3, 0.4) is 0 Å². The summed E-state index contributed by atoms with van der Waals surface area (Å²) < 4.78 is 40.0. The van der Waals surface area contributed by atoms with Crippen LogP contribution in [0.25, 0.3) is 0 Å². The Morgan fingerprint density at radius 1 is 1.47 bits per heavy atom. The number of ketones is 1. The average Bonchev–Trinajstić information content (AvgIpc) is 2.25. The standard InChI is InChI=1S/C10H7BrF3NO4/c1-5(11)9(16)6-2-3-7(15(17)18)8(4-6)19-10(12,13)14/h2-5H,1H3. The Kier molecular flexibility index (Phi) is 4.51. The van der Waals surface area contributed by atoms with Gasteiger partial charge in [-0.1, -0.05) is 15.9 Å². The van der Waals surface area contributed by atoms with E-state index in [1.165, 1.54) is 6.92 Å². The van der Waals surface area contributed by atoms with E-state index in [-0.39, 0.29) is 5.56 Å². The minimum absolute atomic E-state index is 0.116. The summed E-state index contributed by atoms with van der Waals surface area (Å²) in [5, 5.41) is 10.6. The molecule has 0 amide bonds. The molecule has 19 heavy (non-hydrogen) atoms. The number of carbonyl (C=O) groups excluding carboxylic acids is 1. The molecule has 1 atom stereocenters. The monoisotopic (exact) mass is 341 g/mol. The highest BCUT2D eigenvalue weighted by Gasteiger charge is 2.34. The van der Waals surface area contributed by atoms with E-state index in [2.05, 4.69) is 20.7 Å². The van der Waals surface area contributed by atoms with E-state index in [0.29, 0.717) is 6.07 Å². The molecule has 0 bridgehead atoms. The predicted octanol–water partition coefficient (Wildman–Crippen LogP) is 3.46. The van der Waals surface area contributed by atoms with Gasteiger partial charge >= 0.3 is 12.0 Å². The Hall–Kier alpha value is -1.64. The molecule has 1 rings (SSSR count). The Labute approximate surface area is 113 Å². The molecule has 0 saturated heterocycles. The van der Waals surface area contributed by atoms with Gasteiger partial charge in [0.05, 0.1) is 9.75 Å². The summed E-state index contributed by atoms with van der Waals surface area (Å²) in [7, 11) is 0. The SMILES string of the molecule is CC(Br)C(=O)c1ccc([N+](=O)[O-])c(OC(F)(F)F)c1. The highest BCUT2D eigenvalue weighted by atomic mass is 79.9. The molecule has 0 aliphatic rings. The number of alkyl halides is 4. The van der Waals surface area contributed by atoms with Crippen LogP contribution in [0.5, 0.6) is 5.75 Å². The van der Waals surface area contributed by atoms with E-state index in [1.54, 1.807) is 0 Å². The molecule has 0 aliphatic heterocycles. The molecule has 1 unspecified atom stereocenters. The van der Waals surface area contributed by atoms with Crippen LogP contribution in [0.15, 0.2) is 18.2 Å². The van der Waals surface area contributed by atoms with Crippen molar-refractivity contribution in [3.63, 3.8) is 0 Å². The average molecular weight is 342 g/mol. The Morgan fingerprint density at radius 3 is 2.47 bits per heavy atom. The Bertz CT molecular complexity index is 516. The zero-order valence-electron chi connectivity index (χ0n) is 9.40. The number of ether oxygens (including phenoxy) is 1. The summed E-state index contributed by atoms with van der Waals surface area (Å²) in [5.41, 5.74) is -0.981. The molecule has 0 spiro atoms. The zero-order valence-corrected chi connectivity index (χ0v) is 11.0. The van der Waals surface area contributed by atoms with Crippen molar-refractivity contribution < 1.29 is 27.6 Å². The van der Waals surface area contributed by atoms with Crippen LogP contribution < -0.4 is 4.74 Å². The van der Waals surface area contributed by atoms with Crippen LogP contribution in [0, 0.1) is 10.1 Å². The summed E-state index contributed by atoms with van der Waals surface area (Å²) in [6.07, 6.45) is -5.08. The van der Waals surface area contributed by atoms with Crippen molar-refractivity contribution in [3.8, 4) is 5.75 Å². The van der Waals surface area contributed by atoms with E-state index in [4.69, 9.17) is 0 Å². The molecule has 0 fully saturated rings. The number of hydrogen-bond donors (Lipinski definition) is 0. The van der Waals surface area contributed by atoms with Gasteiger partial charge in [0.2, 0.25) is 5.75 Å². The predicted molar refractivity (Wildman–Crippen MR) is 62.5 cm³/mol. The minimum atomic E-state index is -5.08. The van der Waals surface area contributed by atoms with Gasteiger partial charge in [-0.05, 0) is 19.1 Å². The van der Waals surface area contributed by atoms with Crippen LogP contribution in [0.1, 0.15) is 17.3 Å². The molecular formula is C10H7BrF3NO4. The summed E-state index contributed by atoms with van der Waals surface area (Å²) in [6.45, 7) is 1.48. The van der Waals surface area contributed by atoms with Gasteiger partial charge in [-0.15, -0.1) is 13.2 Å². The molecular weight excluding hydrogens is 335 g/mol. The fourth-order valence-corrected chi connectivity index (χ4v) is 1.52. The first-order valence-electron chi connectivity index (χ1n) is 4.84. The number of nitro benzene ring substituents is 1. The first-order chi connectivity index (χ1) is 8.61.